The molecule has 0 atom stereocenters. The van der Waals surface area contributed by atoms with E-state index in [1.54, 1.807) is 0 Å². The van der Waals surface area contributed by atoms with E-state index < -0.39 is 52.0 Å². The molecular formula is C25H14F4O7. The monoisotopic (exact) mass is 502 g/mol. The minimum absolute atomic E-state index is 0.115. The van der Waals surface area contributed by atoms with E-state index >= 15 is 0 Å². The second-order valence-corrected chi connectivity index (χ2v) is 7.23. The average molecular weight is 502 g/mol. The lowest BCUT2D eigenvalue weighted by molar-refractivity contribution is -0.154. The summed E-state index contributed by atoms with van der Waals surface area (Å²) in [5.74, 6) is -5.92. The molecule has 36 heavy (non-hydrogen) atoms. The van der Waals surface area contributed by atoms with Crippen molar-refractivity contribution in [1.82, 2.24) is 0 Å². The van der Waals surface area contributed by atoms with Crippen molar-refractivity contribution in [3.63, 3.8) is 0 Å². The molecule has 0 aliphatic carbocycles. The first-order valence-corrected chi connectivity index (χ1v) is 10.1. The van der Waals surface area contributed by atoms with Crippen LogP contribution in [0.15, 0.2) is 75.9 Å². The van der Waals surface area contributed by atoms with Gasteiger partial charge >= 0.3 is 18.1 Å². The molecule has 1 aromatic heterocycles. The predicted molar refractivity (Wildman–Crippen MR) is 117 cm³/mol. The lowest BCUT2D eigenvalue weighted by Crippen LogP contribution is -2.16. The van der Waals surface area contributed by atoms with Crippen LogP contribution in [0.5, 0.6) is 17.2 Å². The molecule has 0 saturated carbocycles. The molecule has 0 N–H and O–H groups in total. The van der Waals surface area contributed by atoms with E-state index in [9.17, 15) is 31.9 Å². The fraction of sp³-hybridized carbons (Fsp3) is 0.0800. The number of esters is 2. The molecule has 7 nitrogen and oxygen atoms in total. The highest BCUT2D eigenvalue weighted by Gasteiger charge is 2.40. The molecule has 0 fully saturated rings. The number of carbonyl (C=O) groups is 2. The van der Waals surface area contributed by atoms with Crippen LogP contribution in [-0.2, 0) is 10.9 Å². The standard InChI is InChI=1S/C25H14F4O7/c1-33-23(31)13-6-8-14(9-7-13)34-21-20(30)17-11-10-15(12-19(17)36-22(21)25(27,28)29)35-24(32)16-4-2-3-5-18(16)26/h2-12H,1H3. The molecule has 0 aliphatic heterocycles. The van der Waals surface area contributed by atoms with Gasteiger partial charge in [-0.25, -0.2) is 14.0 Å². The summed E-state index contributed by atoms with van der Waals surface area (Å²) in [5.41, 5.74) is -1.96. The fourth-order valence-corrected chi connectivity index (χ4v) is 3.18. The Labute approximate surface area is 199 Å². The number of hydrogen-bond donors (Lipinski definition) is 0. The van der Waals surface area contributed by atoms with Gasteiger partial charge in [0.2, 0.25) is 11.2 Å². The number of halogens is 4. The number of alkyl halides is 3. The summed E-state index contributed by atoms with van der Waals surface area (Å²) in [6.45, 7) is 0. The zero-order valence-corrected chi connectivity index (χ0v) is 18.2. The summed E-state index contributed by atoms with van der Waals surface area (Å²) in [5, 5.41) is -0.296. The molecule has 184 valence electrons. The quantitative estimate of drug-likeness (QED) is 0.195. The van der Waals surface area contributed by atoms with Gasteiger partial charge in [-0.2, -0.15) is 13.2 Å². The Balaban J connectivity index is 1.72. The van der Waals surface area contributed by atoms with Crippen LogP contribution < -0.4 is 14.9 Å². The molecule has 0 amide bonds. The maximum absolute atomic E-state index is 13.8. The molecule has 0 bridgehead atoms. The van der Waals surface area contributed by atoms with Crippen molar-refractivity contribution in [3.05, 3.63) is 99.7 Å². The molecule has 1 heterocycles. The molecule has 4 aromatic rings. The van der Waals surface area contributed by atoms with Gasteiger partial charge in [-0.15, -0.1) is 0 Å². The van der Waals surface area contributed by atoms with Crippen LogP contribution in [0, 0.1) is 5.82 Å². The van der Waals surface area contributed by atoms with E-state index in [4.69, 9.17) is 13.9 Å². The second-order valence-electron chi connectivity index (χ2n) is 7.23. The van der Waals surface area contributed by atoms with Gasteiger partial charge in [-0.1, -0.05) is 12.1 Å². The van der Waals surface area contributed by atoms with Gasteiger partial charge in [-0.05, 0) is 48.5 Å². The van der Waals surface area contributed by atoms with E-state index in [0.717, 1.165) is 31.4 Å². The molecule has 0 saturated heterocycles. The number of fused-ring (bicyclic) bond motifs is 1. The lowest BCUT2D eigenvalue weighted by atomic mass is 10.2. The first kappa shape index (κ1) is 24.5. The molecular weight excluding hydrogens is 488 g/mol. The second kappa shape index (κ2) is 9.53. The van der Waals surface area contributed by atoms with Crippen molar-refractivity contribution < 1.29 is 45.8 Å². The number of ether oxygens (including phenoxy) is 3. The maximum Gasteiger partial charge on any atom is 0.453 e. The summed E-state index contributed by atoms with van der Waals surface area (Å²) in [7, 11) is 1.16. The van der Waals surface area contributed by atoms with Crippen molar-refractivity contribution in [3.8, 4) is 17.2 Å². The van der Waals surface area contributed by atoms with Crippen LogP contribution in [0.4, 0.5) is 17.6 Å². The molecule has 0 radical (unpaired) electrons. The predicted octanol–water partition coefficient (Wildman–Crippen LogP) is 5.75. The fourth-order valence-electron chi connectivity index (χ4n) is 3.18. The molecule has 4 rings (SSSR count). The smallest absolute Gasteiger partial charge is 0.453 e. The summed E-state index contributed by atoms with van der Waals surface area (Å²) in [6.07, 6.45) is -5.13. The largest absolute Gasteiger partial charge is 0.465 e. The van der Waals surface area contributed by atoms with Crippen LogP contribution >= 0.6 is 0 Å². The minimum atomic E-state index is -5.13. The van der Waals surface area contributed by atoms with Crippen molar-refractivity contribution >= 4 is 22.9 Å². The Bertz CT molecular complexity index is 1520. The third-order valence-corrected chi connectivity index (χ3v) is 4.88. The van der Waals surface area contributed by atoms with Crippen LogP contribution in [-0.4, -0.2) is 19.0 Å². The average Bonchev–Trinajstić information content (AvgIpc) is 2.85. The van der Waals surface area contributed by atoms with Crippen molar-refractivity contribution in [2.24, 2.45) is 0 Å². The highest BCUT2D eigenvalue weighted by molar-refractivity contribution is 5.92. The first-order chi connectivity index (χ1) is 17.1. The van der Waals surface area contributed by atoms with Gasteiger partial charge in [-0.3, -0.25) is 4.79 Å². The number of carbonyl (C=O) groups excluding carboxylic acids is 2. The van der Waals surface area contributed by atoms with E-state index in [1.807, 2.05) is 0 Å². The van der Waals surface area contributed by atoms with E-state index in [2.05, 4.69) is 4.74 Å². The number of methoxy groups -OCH3 is 1. The van der Waals surface area contributed by atoms with Gasteiger partial charge in [0.25, 0.3) is 5.76 Å². The van der Waals surface area contributed by atoms with Gasteiger partial charge in [0.15, 0.2) is 0 Å². The topological polar surface area (TPSA) is 92.0 Å². The van der Waals surface area contributed by atoms with Crippen molar-refractivity contribution in [2.75, 3.05) is 7.11 Å². The maximum atomic E-state index is 13.8. The Kier molecular flexibility index (Phi) is 6.47. The van der Waals surface area contributed by atoms with Crippen LogP contribution in [0.1, 0.15) is 26.5 Å². The van der Waals surface area contributed by atoms with Crippen molar-refractivity contribution in [1.29, 1.82) is 0 Å². The van der Waals surface area contributed by atoms with Gasteiger partial charge < -0.3 is 18.6 Å². The molecule has 3 aromatic carbocycles. The third kappa shape index (κ3) is 4.90. The summed E-state index contributed by atoms with van der Waals surface area (Å²) in [4.78, 5) is 36.7. The first-order valence-electron chi connectivity index (χ1n) is 10.1. The Hall–Kier alpha value is -4.67. The van der Waals surface area contributed by atoms with E-state index in [1.165, 1.54) is 42.5 Å². The molecule has 11 heteroatoms. The summed E-state index contributed by atoms with van der Waals surface area (Å²) >= 11 is 0. The van der Waals surface area contributed by atoms with Gasteiger partial charge in [0.1, 0.15) is 22.9 Å². The van der Waals surface area contributed by atoms with Crippen LogP contribution in [0.2, 0.25) is 0 Å². The van der Waals surface area contributed by atoms with Gasteiger partial charge in [0.05, 0.1) is 23.6 Å². The lowest BCUT2D eigenvalue weighted by Gasteiger charge is -2.14. The number of rotatable bonds is 5. The normalized spacial score (nSPS) is 11.2. The summed E-state index contributed by atoms with van der Waals surface area (Å²) in [6, 6.07) is 12.9. The molecule has 0 aliphatic rings. The molecule has 0 unspecified atom stereocenters. The van der Waals surface area contributed by atoms with E-state index in [-0.39, 0.29) is 22.4 Å². The summed E-state index contributed by atoms with van der Waals surface area (Å²) < 4.78 is 74.8. The van der Waals surface area contributed by atoms with Crippen LogP contribution in [0.3, 0.4) is 0 Å². The Morgan fingerprint density at radius 3 is 2.19 bits per heavy atom. The van der Waals surface area contributed by atoms with Crippen molar-refractivity contribution in [2.45, 2.75) is 6.18 Å². The highest BCUT2D eigenvalue weighted by Crippen LogP contribution is 2.38. The Morgan fingerprint density at radius 1 is 0.889 bits per heavy atom. The Morgan fingerprint density at radius 2 is 1.56 bits per heavy atom. The van der Waals surface area contributed by atoms with E-state index in [0.29, 0.717) is 0 Å². The van der Waals surface area contributed by atoms with Crippen LogP contribution in [0.25, 0.3) is 11.0 Å². The number of hydrogen-bond acceptors (Lipinski definition) is 7. The zero-order valence-electron chi connectivity index (χ0n) is 18.2. The third-order valence-electron chi connectivity index (χ3n) is 4.88. The number of benzene rings is 3. The highest BCUT2D eigenvalue weighted by atomic mass is 19.4. The van der Waals surface area contributed by atoms with Gasteiger partial charge in [0, 0.05) is 6.07 Å². The zero-order chi connectivity index (χ0) is 26.0. The minimum Gasteiger partial charge on any atom is -0.465 e. The SMILES string of the molecule is COC(=O)c1ccc(Oc2c(C(F)(F)F)oc3cc(OC(=O)c4ccccc4F)ccc3c2=O)cc1. The molecule has 0 spiro atoms.